The first-order valence-electron chi connectivity index (χ1n) is 9.47. The lowest BCUT2D eigenvalue weighted by molar-refractivity contribution is 0.414. The van der Waals surface area contributed by atoms with Gasteiger partial charge in [-0.3, -0.25) is 4.79 Å². The number of ether oxygens (including phenoxy) is 1. The van der Waals surface area contributed by atoms with Crippen LogP contribution in [0.1, 0.15) is 30.2 Å². The summed E-state index contributed by atoms with van der Waals surface area (Å²) >= 11 is 1.08. The molecule has 3 heterocycles. The Kier molecular flexibility index (Phi) is 3.98. The third kappa shape index (κ3) is 2.52. The molecule has 0 radical (unpaired) electrons. The average Bonchev–Trinajstić information content (AvgIpc) is 3.36. The predicted octanol–water partition coefficient (Wildman–Crippen LogP) is 2.81. The predicted molar refractivity (Wildman–Crippen MR) is 110 cm³/mol. The number of thiophene rings is 1. The van der Waals surface area contributed by atoms with Gasteiger partial charge >= 0.3 is 0 Å². The Labute approximate surface area is 169 Å². The molecule has 5 rings (SSSR count). The smallest absolute Gasteiger partial charge is 0.202 e. The number of aromatic hydroxyl groups is 1. The van der Waals surface area contributed by atoms with E-state index in [1.54, 1.807) is 0 Å². The van der Waals surface area contributed by atoms with Crippen LogP contribution < -0.4 is 20.8 Å². The molecular formula is C20H19FN4O3S. The molecule has 9 heteroatoms. The van der Waals surface area contributed by atoms with E-state index in [-0.39, 0.29) is 33.5 Å². The van der Waals surface area contributed by atoms with Gasteiger partial charge in [-0.05, 0) is 25.3 Å². The van der Waals surface area contributed by atoms with E-state index in [0.29, 0.717) is 34.9 Å². The first-order chi connectivity index (χ1) is 14.0. The molecule has 2 aliphatic rings. The highest BCUT2D eigenvalue weighted by Crippen LogP contribution is 2.48. The summed E-state index contributed by atoms with van der Waals surface area (Å²) in [5.74, 6) is -0.591. The third-order valence-electron chi connectivity index (χ3n) is 5.74. The zero-order valence-electron chi connectivity index (χ0n) is 15.7. The van der Waals surface area contributed by atoms with Crippen LogP contribution in [0.3, 0.4) is 0 Å². The first kappa shape index (κ1) is 18.2. The molecule has 3 N–H and O–H groups in total. The van der Waals surface area contributed by atoms with Gasteiger partial charge in [0.25, 0.3) is 0 Å². The van der Waals surface area contributed by atoms with Gasteiger partial charge in [0.1, 0.15) is 26.9 Å². The molecule has 7 nitrogen and oxygen atoms in total. The molecule has 3 aromatic rings. The van der Waals surface area contributed by atoms with Crippen LogP contribution in [0.4, 0.5) is 10.1 Å². The number of nitrogens with zero attached hydrogens (tertiary/aromatic N) is 3. The Morgan fingerprint density at radius 2 is 2.17 bits per heavy atom. The van der Waals surface area contributed by atoms with Gasteiger partial charge < -0.3 is 25.0 Å². The van der Waals surface area contributed by atoms with E-state index < -0.39 is 11.2 Å². The largest absolute Gasteiger partial charge is 0.505 e. The van der Waals surface area contributed by atoms with Crippen molar-refractivity contribution in [3.05, 3.63) is 27.0 Å². The summed E-state index contributed by atoms with van der Waals surface area (Å²) in [7, 11) is 1.46. The summed E-state index contributed by atoms with van der Waals surface area (Å²) in [6.07, 6.45) is 2.55. The van der Waals surface area contributed by atoms with Gasteiger partial charge in [0.2, 0.25) is 5.43 Å². The number of hydrogen-bond acceptors (Lipinski definition) is 7. The van der Waals surface area contributed by atoms with Crippen LogP contribution in [0.2, 0.25) is 0 Å². The molecule has 1 atom stereocenters. The van der Waals surface area contributed by atoms with Crippen molar-refractivity contribution in [3.8, 4) is 17.6 Å². The summed E-state index contributed by atoms with van der Waals surface area (Å²) in [6.45, 7) is 1.11. The van der Waals surface area contributed by atoms with E-state index in [0.717, 1.165) is 30.6 Å². The number of hydrogen-bond donors (Lipinski definition) is 2. The van der Waals surface area contributed by atoms with Gasteiger partial charge in [-0.25, -0.2) is 4.39 Å². The number of halogens is 1. The highest BCUT2D eigenvalue weighted by Gasteiger charge is 2.34. The summed E-state index contributed by atoms with van der Waals surface area (Å²) in [5, 5.41) is 20.0. The van der Waals surface area contributed by atoms with Crippen LogP contribution in [-0.2, 0) is 0 Å². The van der Waals surface area contributed by atoms with Gasteiger partial charge in [-0.2, -0.15) is 5.26 Å². The minimum absolute atomic E-state index is 0.0460. The number of pyridine rings is 1. The normalized spacial score (nSPS) is 19.2. The number of rotatable bonds is 3. The Bertz CT molecular complexity index is 1270. The molecule has 1 aliphatic carbocycles. The van der Waals surface area contributed by atoms with Gasteiger partial charge in [0.15, 0.2) is 17.3 Å². The van der Waals surface area contributed by atoms with Crippen LogP contribution in [0.25, 0.3) is 21.1 Å². The van der Waals surface area contributed by atoms with Crippen LogP contribution in [0, 0.1) is 17.1 Å². The molecule has 1 aliphatic heterocycles. The molecule has 1 aromatic carbocycles. The Morgan fingerprint density at radius 1 is 1.41 bits per heavy atom. The SMILES string of the molecule is COc1c(N2CC[C@@H](N)C2)c(F)cc2c(=O)c3c(O)c(C#N)sc3n(C3CC3)c12. The standard InChI is InChI=1S/C20H19FN4O3S/c1-28-19-15-11(6-12(21)16(19)24-5-4-9(23)8-24)17(26)14-18(27)13(7-22)29-20(14)25(15)10-2-3-10/h6,9-10,27H,2-5,8,23H2,1H3/t9-/m1/s1. The lowest BCUT2D eigenvalue weighted by atomic mass is 10.1. The zero-order chi connectivity index (χ0) is 20.4. The number of fused-ring (bicyclic) bond motifs is 2. The van der Waals surface area contributed by atoms with Gasteiger partial charge in [-0.1, -0.05) is 0 Å². The average molecular weight is 414 g/mol. The third-order valence-corrected chi connectivity index (χ3v) is 6.82. The van der Waals surface area contributed by atoms with Gasteiger partial charge in [0, 0.05) is 25.2 Å². The monoisotopic (exact) mass is 414 g/mol. The molecule has 0 bridgehead atoms. The minimum atomic E-state index is -0.558. The Morgan fingerprint density at radius 3 is 2.76 bits per heavy atom. The number of anilines is 1. The van der Waals surface area contributed by atoms with E-state index in [1.807, 2.05) is 15.5 Å². The maximum Gasteiger partial charge on any atom is 0.202 e. The number of benzene rings is 1. The first-order valence-corrected chi connectivity index (χ1v) is 10.3. The fourth-order valence-corrected chi connectivity index (χ4v) is 5.34. The lowest BCUT2D eigenvalue weighted by Gasteiger charge is -2.24. The topological polar surface area (TPSA) is 105 Å². The molecule has 29 heavy (non-hydrogen) atoms. The number of nitrogens with two attached hydrogens (primary N) is 1. The van der Waals surface area contributed by atoms with Crippen LogP contribution in [0.5, 0.6) is 11.5 Å². The van der Waals surface area contributed by atoms with Crippen LogP contribution in [-0.4, -0.2) is 35.9 Å². The highest BCUT2D eigenvalue weighted by atomic mass is 32.1. The molecule has 1 saturated heterocycles. The van der Waals surface area contributed by atoms with Gasteiger partial charge in [-0.15, -0.1) is 11.3 Å². The molecule has 0 amide bonds. The van der Waals surface area contributed by atoms with Crippen molar-refractivity contribution < 1.29 is 14.2 Å². The van der Waals surface area contributed by atoms with Crippen molar-refractivity contribution in [1.29, 1.82) is 5.26 Å². The van der Waals surface area contributed by atoms with E-state index >= 15 is 4.39 Å². The van der Waals surface area contributed by atoms with Crippen molar-refractivity contribution in [3.63, 3.8) is 0 Å². The number of methoxy groups -OCH3 is 1. The summed E-state index contributed by atoms with van der Waals surface area (Å²) < 4.78 is 22.8. The molecule has 150 valence electrons. The molecule has 2 fully saturated rings. The van der Waals surface area contributed by atoms with E-state index in [4.69, 9.17) is 10.5 Å². The quantitative estimate of drug-likeness (QED) is 0.683. The second-order valence-corrected chi connectivity index (χ2v) is 8.63. The van der Waals surface area contributed by atoms with E-state index in [2.05, 4.69) is 0 Å². The number of aromatic nitrogens is 1. The summed E-state index contributed by atoms with van der Waals surface area (Å²) in [4.78, 5) is 15.7. The maximum absolute atomic E-state index is 15.2. The second-order valence-electron chi connectivity index (χ2n) is 7.63. The van der Waals surface area contributed by atoms with Crippen molar-refractivity contribution in [1.82, 2.24) is 4.57 Å². The van der Waals surface area contributed by atoms with Gasteiger partial charge in [0.05, 0.1) is 18.0 Å². The van der Waals surface area contributed by atoms with Crippen LogP contribution in [0.15, 0.2) is 10.9 Å². The zero-order valence-corrected chi connectivity index (χ0v) is 16.6. The summed E-state index contributed by atoms with van der Waals surface area (Å²) in [6, 6.07) is 3.23. The Hall–Kier alpha value is -2.83. The van der Waals surface area contributed by atoms with E-state index in [1.165, 1.54) is 13.2 Å². The Balaban J connectivity index is 1.95. The molecule has 0 unspecified atom stereocenters. The van der Waals surface area contributed by atoms with Crippen LogP contribution >= 0.6 is 11.3 Å². The lowest BCUT2D eigenvalue weighted by Crippen LogP contribution is -2.27. The van der Waals surface area contributed by atoms with Crippen molar-refractivity contribution in [2.45, 2.75) is 31.3 Å². The molecule has 2 aromatic heterocycles. The van der Waals surface area contributed by atoms with Crippen molar-refractivity contribution in [2.24, 2.45) is 5.73 Å². The van der Waals surface area contributed by atoms with Crippen molar-refractivity contribution in [2.75, 3.05) is 25.1 Å². The minimum Gasteiger partial charge on any atom is -0.505 e. The second kappa shape index (κ2) is 6.34. The molecular weight excluding hydrogens is 395 g/mol. The van der Waals surface area contributed by atoms with E-state index in [9.17, 15) is 15.2 Å². The number of nitriles is 1. The molecule has 0 spiro atoms. The maximum atomic E-state index is 15.2. The fourth-order valence-electron chi connectivity index (χ4n) is 4.28. The fraction of sp³-hybridized carbons (Fsp3) is 0.400. The van der Waals surface area contributed by atoms with Crippen molar-refractivity contribution >= 4 is 38.1 Å². The highest BCUT2D eigenvalue weighted by molar-refractivity contribution is 7.19. The molecule has 1 saturated carbocycles. The summed E-state index contributed by atoms with van der Waals surface area (Å²) in [5.41, 5.74) is 6.34.